The van der Waals surface area contributed by atoms with Gasteiger partial charge in [0.1, 0.15) is 30.0 Å². The Morgan fingerprint density at radius 2 is 1.81 bits per heavy atom. The van der Waals surface area contributed by atoms with Crippen molar-refractivity contribution in [3.05, 3.63) is 23.2 Å². The third-order valence-electron chi connectivity index (χ3n) is 9.00. The molecule has 3 heterocycles. The number of rotatable bonds is 3. The fourth-order valence-corrected chi connectivity index (χ4v) is 6.62. The van der Waals surface area contributed by atoms with E-state index in [-0.39, 0.29) is 12.6 Å². The third kappa shape index (κ3) is 7.06. The van der Waals surface area contributed by atoms with E-state index in [0.29, 0.717) is 18.2 Å². The Kier molecular flexibility index (Phi) is 10.1. The highest BCUT2D eigenvalue weighted by molar-refractivity contribution is 5.90. The summed E-state index contributed by atoms with van der Waals surface area (Å²) in [6.45, 7) is 11.4. The molecule has 2 aliphatic heterocycles. The van der Waals surface area contributed by atoms with Gasteiger partial charge in [-0.1, -0.05) is 53.5 Å². The molecule has 2 fully saturated rings. The second-order valence-corrected chi connectivity index (χ2v) is 13.1. The lowest BCUT2D eigenvalue weighted by Crippen LogP contribution is -2.57. The minimum absolute atomic E-state index is 0.0561. The summed E-state index contributed by atoms with van der Waals surface area (Å²) in [7, 11) is 0. The molecule has 0 aromatic carbocycles. The molecular weight excluding hydrogens is 536 g/mol. The van der Waals surface area contributed by atoms with Crippen LogP contribution in [-0.2, 0) is 27.2 Å². The molecule has 232 valence electrons. The predicted molar refractivity (Wildman–Crippen MR) is 159 cm³/mol. The molecule has 1 aromatic heterocycles. The lowest BCUT2D eigenvalue weighted by molar-refractivity contribution is -0.151. The number of aromatic nitrogens is 2. The molecule has 1 saturated heterocycles. The number of carbonyl (C=O) groups is 3. The lowest BCUT2D eigenvalue weighted by Gasteiger charge is -2.35. The molecular formula is C32H48N4O6. The molecule has 6 atom stereocenters. The summed E-state index contributed by atoms with van der Waals surface area (Å²) in [4.78, 5) is 50.8. The highest BCUT2D eigenvalue weighted by Crippen LogP contribution is 2.35. The Hall–Kier alpha value is -3.17. The van der Waals surface area contributed by atoms with Crippen molar-refractivity contribution in [1.82, 2.24) is 20.2 Å². The molecule has 10 nitrogen and oxygen atoms in total. The molecule has 0 spiro atoms. The van der Waals surface area contributed by atoms with Crippen LogP contribution in [0.4, 0.5) is 4.79 Å². The number of hydrogen-bond acceptors (Lipinski definition) is 7. The largest absolute Gasteiger partial charge is 0.480 e. The molecule has 1 saturated carbocycles. The molecule has 1 aromatic rings. The van der Waals surface area contributed by atoms with Gasteiger partial charge in [-0.05, 0) is 69.3 Å². The quantitative estimate of drug-likeness (QED) is 0.497. The molecule has 42 heavy (non-hydrogen) atoms. The maximum absolute atomic E-state index is 14.0. The first kappa shape index (κ1) is 31.8. The van der Waals surface area contributed by atoms with E-state index in [2.05, 4.69) is 12.2 Å². The van der Waals surface area contributed by atoms with Crippen molar-refractivity contribution in [3.63, 3.8) is 0 Å². The van der Waals surface area contributed by atoms with Crippen LogP contribution in [0.1, 0.15) is 104 Å². The van der Waals surface area contributed by atoms with Crippen molar-refractivity contribution >= 4 is 24.0 Å². The first-order valence-corrected chi connectivity index (χ1v) is 15.6. The van der Waals surface area contributed by atoms with Crippen molar-refractivity contribution in [2.45, 2.75) is 124 Å². The number of carbonyl (C=O) groups excluding carboxylic acids is 2. The number of hydrogen-bond donors (Lipinski definition) is 2. The number of amides is 2. The van der Waals surface area contributed by atoms with E-state index < -0.39 is 47.5 Å². The Bertz CT molecular complexity index is 1180. The first-order chi connectivity index (χ1) is 19.9. The van der Waals surface area contributed by atoms with Gasteiger partial charge in [0.2, 0.25) is 11.8 Å². The van der Waals surface area contributed by atoms with Gasteiger partial charge in [0, 0.05) is 5.92 Å². The lowest BCUT2D eigenvalue weighted by atomic mass is 9.85. The predicted octanol–water partition coefficient (Wildman–Crippen LogP) is 5.18. The molecule has 6 unspecified atom stereocenters. The maximum Gasteiger partial charge on any atom is 0.408 e. The number of alkyl carbamates (subject to hydrolysis) is 1. The molecule has 10 heteroatoms. The number of fused-ring (bicyclic) bond motifs is 4. The summed E-state index contributed by atoms with van der Waals surface area (Å²) in [6, 6.07) is -2.09. The van der Waals surface area contributed by atoms with E-state index in [1.165, 1.54) is 4.90 Å². The van der Waals surface area contributed by atoms with Crippen molar-refractivity contribution < 1.29 is 29.0 Å². The van der Waals surface area contributed by atoms with E-state index in [0.717, 1.165) is 68.4 Å². The maximum atomic E-state index is 14.0. The van der Waals surface area contributed by atoms with E-state index in [1.54, 1.807) is 6.92 Å². The summed E-state index contributed by atoms with van der Waals surface area (Å²) in [5.41, 5.74) is 1.71. The van der Waals surface area contributed by atoms with Crippen LogP contribution in [0.3, 0.4) is 0 Å². The van der Waals surface area contributed by atoms with Gasteiger partial charge in [0.25, 0.3) is 0 Å². The third-order valence-corrected chi connectivity index (χ3v) is 9.00. The molecule has 2 N–H and O–H groups in total. The summed E-state index contributed by atoms with van der Waals surface area (Å²) in [5.74, 6) is -1.40. The van der Waals surface area contributed by atoms with E-state index in [1.807, 2.05) is 39.8 Å². The summed E-state index contributed by atoms with van der Waals surface area (Å²) >= 11 is 0. The average Bonchev–Trinajstić information content (AvgIpc) is 3.50. The van der Waals surface area contributed by atoms with Crippen LogP contribution in [0, 0.1) is 17.3 Å². The van der Waals surface area contributed by atoms with Gasteiger partial charge in [-0.2, -0.15) is 0 Å². The SMILES string of the molecule is CC=Cc1nc2c(nc1CC)CCCCCC1CCCC1OC(=O)NC(C(C)(C)C)C(=O)N1CC(O2)C(C)C1C(=O)O. The number of carboxylic acids is 1. The Balaban J connectivity index is 1.73. The van der Waals surface area contributed by atoms with Crippen molar-refractivity contribution in [2.75, 3.05) is 6.54 Å². The normalized spacial score (nSPS) is 29.6. The van der Waals surface area contributed by atoms with Gasteiger partial charge >= 0.3 is 12.1 Å². The minimum atomic E-state index is -1.12. The summed E-state index contributed by atoms with van der Waals surface area (Å²) in [6.07, 6.45) is 10.6. The zero-order valence-corrected chi connectivity index (χ0v) is 26.0. The van der Waals surface area contributed by atoms with Crippen molar-refractivity contribution in [1.29, 1.82) is 0 Å². The van der Waals surface area contributed by atoms with Crippen LogP contribution in [0.5, 0.6) is 5.88 Å². The van der Waals surface area contributed by atoms with Crippen molar-refractivity contribution in [3.8, 4) is 5.88 Å². The van der Waals surface area contributed by atoms with Crippen molar-refractivity contribution in [2.24, 2.45) is 17.3 Å². The second kappa shape index (κ2) is 13.4. The van der Waals surface area contributed by atoms with Crippen LogP contribution < -0.4 is 10.1 Å². The standard InChI is InChI=1S/C32H48N4O6/c1-7-13-22-21(8-2)33-23-16-11-9-10-14-20-15-12-17-24(20)42-31(40)35-27(32(4,5)6)29(37)36-18-25(41-28(23)34-22)19(3)26(36)30(38)39/h7,13,19-20,24-27H,8-12,14-18H2,1-6H3,(H,35,40)(H,38,39). The van der Waals surface area contributed by atoms with Crippen LogP contribution >= 0.6 is 0 Å². The van der Waals surface area contributed by atoms with Gasteiger partial charge in [0.15, 0.2) is 0 Å². The first-order valence-electron chi connectivity index (χ1n) is 15.6. The fourth-order valence-electron chi connectivity index (χ4n) is 6.62. The number of allylic oxidation sites excluding steroid dienone is 1. The van der Waals surface area contributed by atoms with Gasteiger partial charge in [-0.25, -0.2) is 19.6 Å². The number of nitrogens with zero attached hydrogens (tertiary/aromatic N) is 3. The minimum Gasteiger partial charge on any atom is -0.480 e. The molecule has 2 bridgehead atoms. The highest BCUT2D eigenvalue weighted by Gasteiger charge is 2.50. The smallest absolute Gasteiger partial charge is 0.408 e. The van der Waals surface area contributed by atoms with Gasteiger partial charge < -0.3 is 24.8 Å². The number of ether oxygens (including phenoxy) is 2. The Labute approximate surface area is 249 Å². The van der Waals surface area contributed by atoms with Crippen LogP contribution in [-0.4, -0.2) is 68.8 Å². The summed E-state index contributed by atoms with van der Waals surface area (Å²) in [5, 5.41) is 13.0. The number of aryl methyl sites for hydroxylation is 2. The van der Waals surface area contributed by atoms with Crippen LogP contribution in [0.25, 0.3) is 6.08 Å². The van der Waals surface area contributed by atoms with E-state index in [4.69, 9.17) is 19.4 Å². The number of nitrogens with one attached hydrogen (secondary N) is 1. The van der Waals surface area contributed by atoms with Crippen LogP contribution in [0.2, 0.25) is 0 Å². The molecule has 2 amide bonds. The fraction of sp³-hybridized carbons (Fsp3) is 0.719. The molecule has 0 radical (unpaired) electrons. The zero-order chi connectivity index (χ0) is 30.6. The monoisotopic (exact) mass is 584 g/mol. The second-order valence-electron chi connectivity index (χ2n) is 13.1. The number of carboxylic acid groups (broad SMARTS) is 1. The van der Waals surface area contributed by atoms with Gasteiger partial charge in [-0.3, -0.25) is 4.79 Å². The van der Waals surface area contributed by atoms with Gasteiger partial charge in [0.05, 0.1) is 17.9 Å². The van der Waals surface area contributed by atoms with Gasteiger partial charge in [-0.15, -0.1) is 0 Å². The molecule has 1 aliphatic carbocycles. The molecule has 4 rings (SSSR count). The topological polar surface area (TPSA) is 131 Å². The Morgan fingerprint density at radius 1 is 1.07 bits per heavy atom. The summed E-state index contributed by atoms with van der Waals surface area (Å²) < 4.78 is 12.4. The van der Waals surface area contributed by atoms with E-state index in [9.17, 15) is 19.5 Å². The highest BCUT2D eigenvalue weighted by atomic mass is 16.6. The van der Waals surface area contributed by atoms with Crippen LogP contribution in [0.15, 0.2) is 6.08 Å². The zero-order valence-electron chi connectivity index (χ0n) is 26.0. The average molecular weight is 585 g/mol. The Morgan fingerprint density at radius 3 is 2.48 bits per heavy atom. The number of aliphatic carboxylic acids is 1. The van der Waals surface area contributed by atoms with E-state index >= 15 is 0 Å². The molecule has 3 aliphatic rings.